The first-order chi connectivity index (χ1) is 6.29. The number of hydrogen-bond acceptors (Lipinski definition) is 2. The minimum Gasteiger partial charge on any atom is -0.488 e. The first-order valence-corrected chi connectivity index (χ1v) is 4.84. The summed E-state index contributed by atoms with van der Waals surface area (Å²) < 4.78 is 5.63. The Hall–Kier alpha value is -1.18. The lowest BCUT2D eigenvalue weighted by Crippen LogP contribution is -2.00. The van der Waals surface area contributed by atoms with E-state index in [0.717, 1.165) is 17.9 Å². The van der Waals surface area contributed by atoms with Crippen LogP contribution in [0.2, 0.25) is 0 Å². The van der Waals surface area contributed by atoms with E-state index < -0.39 is 0 Å². The maximum absolute atomic E-state index is 5.85. The van der Waals surface area contributed by atoms with Crippen molar-refractivity contribution in [3.8, 4) is 5.75 Å². The van der Waals surface area contributed by atoms with Crippen LogP contribution < -0.4 is 10.5 Å². The Bertz CT molecular complexity index is 305. The van der Waals surface area contributed by atoms with E-state index in [2.05, 4.69) is 13.0 Å². The molecule has 2 nitrogen and oxygen atoms in total. The molecule has 70 valence electrons. The van der Waals surface area contributed by atoms with Crippen molar-refractivity contribution in [1.29, 1.82) is 0 Å². The zero-order valence-electron chi connectivity index (χ0n) is 7.92. The number of hydrogen-bond donors (Lipinski definition) is 1. The molecule has 2 N–H and O–H groups in total. The number of aryl methyl sites for hydroxylation is 1. The molecule has 1 aromatic rings. The Kier molecular flexibility index (Phi) is 2.13. The highest BCUT2D eigenvalue weighted by Crippen LogP contribution is 2.30. The van der Waals surface area contributed by atoms with E-state index in [4.69, 9.17) is 10.5 Å². The average Bonchev–Trinajstić information content (AvgIpc) is 2.92. The van der Waals surface area contributed by atoms with Crippen molar-refractivity contribution < 1.29 is 4.74 Å². The summed E-state index contributed by atoms with van der Waals surface area (Å²) in [6, 6.07) is 6.05. The monoisotopic (exact) mass is 177 g/mol. The zero-order chi connectivity index (χ0) is 9.26. The normalized spacial score (nSPS) is 15.8. The van der Waals surface area contributed by atoms with Gasteiger partial charge in [-0.3, -0.25) is 0 Å². The molecule has 0 amide bonds. The van der Waals surface area contributed by atoms with Crippen molar-refractivity contribution in [1.82, 2.24) is 0 Å². The highest BCUT2D eigenvalue weighted by Gasteiger charge is 2.24. The van der Waals surface area contributed by atoms with Crippen LogP contribution in [-0.4, -0.2) is 6.10 Å². The van der Waals surface area contributed by atoms with E-state index in [1.807, 2.05) is 12.1 Å². The van der Waals surface area contributed by atoms with Crippen LogP contribution in [-0.2, 0) is 6.42 Å². The molecule has 13 heavy (non-hydrogen) atoms. The minimum atomic E-state index is 0.426. The quantitative estimate of drug-likeness (QED) is 0.719. The molecule has 0 unspecified atom stereocenters. The average molecular weight is 177 g/mol. The zero-order valence-corrected chi connectivity index (χ0v) is 7.92. The van der Waals surface area contributed by atoms with Gasteiger partial charge >= 0.3 is 0 Å². The van der Waals surface area contributed by atoms with Gasteiger partial charge in [0.15, 0.2) is 0 Å². The lowest BCUT2D eigenvalue weighted by atomic mass is 10.1. The van der Waals surface area contributed by atoms with Gasteiger partial charge in [-0.15, -0.1) is 0 Å². The van der Waals surface area contributed by atoms with Crippen molar-refractivity contribution >= 4 is 5.69 Å². The summed E-state index contributed by atoms with van der Waals surface area (Å²) in [6.45, 7) is 2.12. The Morgan fingerprint density at radius 1 is 1.46 bits per heavy atom. The molecule has 0 saturated heterocycles. The first kappa shape index (κ1) is 8.42. The maximum Gasteiger partial charge on any atom is 0.142 e. The SMILES string of the molecule is CCc1ccc(OC2CC2)c(N)c1. The smallest absolute Gasteiger partial charge is 0.142 e. The third-order valence-electron chi connectivity index (χ3n) is 2.30. The Morgan fingerprint density at radius 2 is 2.23 bits per heavy atom. The summed E-state index contributed by atoms with van der Waals surface area (Å²) >= 11 is 0. The maximum atomic E-state index is 5.85. The summed E-state index contributed by atoms with van der Waals surface area (Å²) in [6.07, 6.45) is 3.80. The molecular formula is C11H15NO. The van der Waals surface area contributed by atoms with Crippen molar-refractivity contribution in [3.05, 3.63) is 23.8 Å². The van der Waals surface area contributed by atoms with E-state index in [-0.39, 0.29) is 0 Å². The summed E-state index contributed by atoms with van der Waals surface area (Å²) in [4.78, 5) is 0. The van der Waals surface area contributed by atoms with Gasteiger partial charge in [0.05, 0.1) is 11.8 Å². The number of rotatable bonds is 3. The summed E-state index contributed by atoms with van der Waals surface area (Å²) in [5, 5.41) is 0. The molecule has 0 bridgehead atoms. The van der Waals surface area contributed by atoms with E-state index in [9.17, 15) is 0 Å². The van der Waals surface area contributed by atoms with Gasteiger partial charge in [-0.25, -0.2) is 0 Å². The topological polar surface area (TPSA) is 35.2 Å². The first-order valence-electron chi connectivity index (χ1n) is 4.84. The predicted octanol–water partition coefficient (Wildman–Crippen LogP) is 2.37. The lowest BCUT2D eigenvalue weighted by Gasteiger charge is -2.08. The van der Waals surface area contributed by atoms with Crippen LogP contribution in [0.25, 0.3) is 0 Å². The van der Waals surface area contributed by atoms with Crippen molar-refractivity contribution in [3.63, 3.8) is 0 Å². The summed E-state index contributed by atoms with van der Waals surface area (Å²) in [5.41, 5.74) is 7.88. The van der Waals surface area contributed by atoms with E-state index >= 15 is 0 Å². The summed E-state index contributed by atoms with van der Waals surface area (Å²) in [5.74, 6) is 0.847. The second-order valence-corrected chi connectivity index (χ2v) is 3.54. The van der Waals surface area contributed by atoms with Gasteiger partial charge in [-0.2, -0.15) is 0 Å². The van der Waals surface area contributed by atoms with Crippen LogP contribution in [0.1, 0.15) is 25.3 Å². The van der Waals surface area contributed by atoms with Crippen LogP contribution in [0, 0.1) is 0 Å². The molecule has 0 aromatic heterocycles. The molecule has 0 aliphatic heterocycles. The highest BCUT2D eigenvalue weighted by molar-refractivity contribution is 5.54. The number of nitrogens with two attached hydrogens (primary N) is 1. The molecule has 1 aromatic carbocycles. The molecule has 0 atom stereocenters. The van der Waals surface area contributed by atoms with E-state index in [1.165, 1.54) is 18.4 Å². The molecule has 2 heteroatoms. The van der Waals surface area contributed by atoms with Crippen LogP contribution in [0.4, 0.5) is 5.69 Å². The highest BCUT2D eigenvalue weighted by atomic mass is 16.5. The van der Waals surface area contributed by atoms with Crippen molar-refractivity contribution in [2.24, 2.45) is 0 Å². The number of ether oxygens (including phenoxy) is 1. The van der Waals surface area contributed by atoms with Crippen LogP contribution >= 0.6 is 0 Å². The third kappa shape index (κ3) is 1.94. The fourth-order valence-electron chi connectivity index (χ4n) is 1.29. The predicted molar refractivity (Wildman–Crippen MR) is 53.9 cm³/mol. The van der Waals surface area contributed by atoms with E-state index in [0.29, 0.717) is 6.10 Å². The largest absolute Gasteiger partial charge is 0.488 e. The summed E-state index contributed by atoms with van der Waals surface area (Å²) in [7, 11) is 0. The number of anilines is 1. The molecule has 0 spiro atoms. The van der Waals surface area contributed by atoms with E-state index in [1.54, 1.807) is 0 Å². The van der Waals surface area contributed by atoms with Gasteiger partial charge in [0.1, 0.15) is 5.75 Å². The van der Waals surface area contributed by atoms with Gasteiger partial charge in [0.2, 0.25) is 0 Å². The minimum absolute atomic E-state index is 0.426. The molecular weight excluding hydrogens is 162 g/mol. The lowest BCUT2D eigenvalue weighted by molar-refractivity contribution is 0.305. The fraction of sp³-hybridized carbons (Fsp3) is 0.455. The Labute approximate surface area is 78.7 Å². The molecule has 1 aliphatic carbocycles. The second kappa shape index (κ2) is 3.29. The number of nitrogen functional groups attached to an aromatic ring is 1. The van der Waals surface area contributed by atoms with Gasteiger partial charge in [0, 0.05) is 0 Å². The van der Waals surface area contributed by atoms with Crippen LogP contribution in [0.3, 0.4) is 0 Å². The molecule has 1 saturated carbocycles. The molecule has 0 radical (unpaired) electrons. The van der Waals surface area contributed by atoms with Gasteiger partial charge < -0.3 is 10.5 Å². The van der Waals surface area contributed by atoms with Gasteiger partial charge in [-0.05, 0) is 37.0 Å². The Balaban J connectivity index is 2.15. The second-order valence-electron chi connectivity index (χ2n) is 3.54. The van der Waals surface area contributed by atoms with Crippen molar-refractivity contribution in [2.75, 3.05) is 5.73 Å². The molecule has 1 aliphatic rings. The van der Waals surface area contributed by atoms with Crippen LogP contribution in [0.15, 0.2) is 18.2 Å². The number of benzene rings is 1. The standard InChI is InChI=1S/C11H15NO/c1-2-8-3-6-11(10(12)7-8)13-9-4-5-9/h3,6-7,9H,2,4-5,12H2,1H3. The molecule has 1 fully saturated rings. The molecule has 0 heterocycles. The molecule has 2 rings (SSSR count). The Morgan fingerprint density at radius 3 is 2.77 bits per heavy atom. The fourth-order valence-corrected chi connectivity index (χ4v) is 1.29. The third-order valence-corrected chi connectivity index (χ3v) is 2.30. The van der Waals surface area contributed by atoms with Crippen LogP contribution in [0.5, 0.6) is 5.75 Å². The van der Waals surface area contributed by atoms with Crippen molar-refractivity contribution in [2.45, 2.75) is 32.3 Å². The van der Waals surface area contributed by atoms with Gasteiger partial charge in [-0.1, -0.05) is 13.0 Å². The van der Waals surface area contributed by atoms with Gasteiger partial charge in [0.25, 0.3) is 0 Å².